The molecule has 40 heavy (non-hydrogen) atoms. The van der Waals surface area contributed by atoms with Crippen LogP contribution in [0.5, 0.6) is 11.5 Å². The summed E-state index contributed by atoms with van der Waals surface area (Å²) in [6, 6.07) is 16.4. The molecule has 3 aromatic carbocycles. The summed E-state index contributed by atoms with van der Waals surface area (Å²) in [5, 5.41) is 4.47. The van der Waals surface area contributed by atoms with Crippen LogP contribution in [0.4, 0.5) is 9.52 Å². The number of carbonyl (C=O) groups is 1. The Balaban J connectivity index is 1.25. The van der Waals surface area contributed by atoms with E-state index in [9.17, 15) is 9.18 Å². The van der Waals surface area contributed by atoms with Gasteiger partial charge in [-0.05, 0) is 80.3 Å². The first-order valence-electron chi connectivity index (χ1n) is 13.6. The number of aromatic nitrogens is 1. The van der Waals surface area contributed by atoms with Gasteiger partial charge in [-0.25, -0.2) is 14.2 Å². The summed E-state index contributed by atoms with van der Waals surface area (Å²) < 4.78 is 31.5. The van der Waals surface area contributed by atoms with Gasteiger partial charge < -0.3 is 19.5 Å². The molecule has 0 unspecified atom stereocenters. The lowest BCUT2D eigenvalue weighted by Crippen LogP contribution is -2.38. The highest BCUT2D eigenvalue weighted by atomic mass is 32.1. The number of halogens is 1. The average molecular weight is 564 g/mol. The molecule has 0 atom stereocenters. The van der Waals surface area contributed by atoms with E-state index in [1.807, 2.05) is 19.9 Å². The molecule has 9 heteroatoms. The van der Waals surface area contributed by atoms with Gasteiger partial charge in [-0.3, -0.25) is 4.90 Å². The van der Waals surface area contributed by atoms with Crippen molar-refractivity contribution in [1.82, 2.24) is 9.88 Å². The number of piperidine rings is 1. The van der Waals surface area contributed by atoms with Crippen molar-refractivity contribution in [2.24, 2.45) is 0 Å². The Labute approximate surface area is 237 Å². The summed E-state index contributed by atoms with van der Waals surface area (Å²) in [5.41, 5.74) is 4.14. The fourth-order valence-electron chi connectivity index (χ4n) is 5.08. The predicted molar refractivity (Wildman–Crippen MR) is 157 cm³/mol. The van der Waals surface area contributed by atoms with Gasteiger partial charge >= 0.3 is 5.97 Å². The minimum atomic E-state index is -0.358. The number of esters is 1. The maximum atomic E-state index is 13.6. The molecule has 0 amide bonds. The number of nitrogens with one attached hydrogen (secondary N) is 1. The summed E-state index contributed by atoms with van der Waals surface area (Å²) in [5.74, 6) is 0.865. The van der Waals surface area contributed by atoms with Crippen LogP contribution >= 0.6 is 11.3 Å². The summed E-state index contributed by atoms with van der Waals surface area (Å²) in [7, 11) is 1.38. The molecule has 0 saturated carbocycles. The van der Waals surface area contributed by atoms with E-state index in [0.717, 1.165) is 76.0 Å². The Morgan fingerprint density at radius 1 is 1.02 bits per heavy atom. The minimum Gasteiger partial charge on any atom is -0.493 e. The molecule has 2 heterocycles. The number of benzene rings is 3. The molecule has 1 aromatic heterocycles. The van der Waals surface area contributed by atoms with E-state index in [4.69, 9.17) is 19.2 Å². The highest BCUT2D eigenvalue weighted by Gasteiger charge is 2.22. The number of rotatable bonds is 10. The molecule has 1 saturated heterocycles. The molecule has 1 N–H and O–H groups in total. The molecule has 1 aliphatic rings. The Morgan fingerprint density at radius 3 is 2.33 bits per heavy atom. The van der Waals surface area contributed by atoms with Crippen molar-refractivity contribution in [1.29, 1.82) is 0 Å². The zero-order chi connectivity index (χ0) is 28.1. The molecule has 0 aliphatic carbocycles. The number of carbonyl (C=O) groups excluding carboxylic acids is 1. The van der Waals surface area contributed by atoms with Gasteiger partial charge in [-0.15, -0.1) is 0 Å². The lowest BCUT2D eigenvalue weighted by atomic mass is 9.99. The standard InChI is InChI=1S/C31H34FN3O4S/c1-4-38-26-16-20(17-27(39-5-2)29(26)21-6-9-23(32)10-7-21)19-35-14-12-24(13-15-35)33-31-34-25-18-22(30(36)37-3)8-11-28(25)40-31/h6-11,16-18,24H,4-5,12-15,19H2,1-3H3,(H,33,34). The number of hydrogen-bond acceptors (Lipinski definition) is 8. The third-order valence-corrected chi connectivity index (χ3v) is 7.96. The van der Waals surface area contributed by atoms with E-state index in [-0.39, 0.29) is 11.8 Å². The SMILES string of the molecule is CCOc1cc(CN2CCC(Nc3nc4cc(C(=O)OC)ccc4s3)CC2)cc(OCC)c1-c1ccc(F)cc1. The quantitative estimate of drug-likeness (QED) is 0.214. The first-order chi connectivity index (χ1) is 19.5. The van der Waals surface area contributed by atoms with Crippen LogP contribution in [0.3, 0.4) is 0 Å². The Morgan fingerprint density at radius 2 is 1.70 bits per heavy atom. The van der Waals surface area contributed by atoms with Crippen LogP contribution < -0.4 is 14.8 Å². The van der Waals surface area contributed by atoms with E-state index < -0.39 is 0 Å². The number of ether oxygens (including phenoxy) is 3. The number of nitrogens with zero attached hydrogens (tertiary/aromatic N) is 2. The van der Waals surface area contributed by atoms with Crippen LogP contribution in [0, 0.1) is 5.82 Å². The maximum Gasteiger partial charge on any atom is 0.337 e. The second kappa shape index (κ2) is 12.7. The van der Waals surface area contributed by atoms with Crippen LogP contribution in [-0.2, 0) is 11.3 Å². The van der Waals surface area contributed by atoms with Gasteiger partial charge in [0, 0.05) is 25.7 Å². The van der Waals surface area contributed by atoms with Crippen LogP contribution in [0.1, 0.15) is 42.6 Å². The third kappa shape index (κ3) is 6.37. The molecule has 1 fully saturated rings. The Kier molecular flexibility index (Phi) is 8.81. The van der Waals surface area contributed by atoms with Gasteiger partial charge in [0.1, 0.15) is 17.3 Å². The van der Waals surface area contributed by atoms with E-state index in [1.165, 1.54) is 19.2 Å². The second-order valence-electron chi connectivity index (χ2n) is 9.73. The zero-order valence-electron chi connectivity index (χ0n) is 23.0. The van der Waals surface area contributed by atoms with Gasteiger partial charge in [0.05, 0.1) is 41.7 Å². The van der Waals surface area contributed by atoms with Gasteiger partial charge in [0.2, 0.25) is 0 Å². The van der Waals surface area contributed by atoms with Gasteiger partial charge in [0.15, 0.2) is 5.13 Å². The molecule has 210 valence electrons. The fraction of sp³-hybridized carbons (Fsp3) is 0.355. The smallest absolute Gasteiger partial charge is 0.337 e. The van der Waals surface area contributed by atoms with Crippen molar-refractivity contribution < 1.29 is 23.4 Å². The summed E-state index contributed by atoms with van der Waals surface area (Å²) in [6.45, 7) is 7.65. The van der Waals surface area contributed by atoms with Crippen LogP contribution in [0.15, 0.2) is 54.6 Å². The number of methoxy groups -OCH3 is 1. The normalized spacial score (nSPS) is 14.3. The van der Waals surface area contributed by atoms with Crippen molar-refractivity contribution in [2.75, 3.05) is 38.7 Å². The highest BCUT2D eigenvalue weighted by molar-refractivity contribution is 7.22. The highest BCUT2D eigenvalue weighted by Crippen LogP contribution is 2.40. The lowest BCUT2D eigenvalue weighted by molar-refractivity contribution is 0.0601. The topological polar surface area (TPSA) is 72.9 Å². The Hall–Kier alpha value is -3.69. The molecular weight excluding hydrogens is 529 g/mol. The van der Waals surface area contributed by atoms with Crippen molar-refractivity contribution in [3.05, 3.63) is 71.5 Å². The largest absolute Gasteiger partial charge is 0.493 e. The molecule has 0 radical (unpaired) electrons. The lowest BCUT2D eigenvalue weighted by Gasteiger charge is -2.32. The number of fused-ring (bicyclic) bond motifs is 1. The maximum absolute atomic E-state index is 13.6. The number of anilines is 1. The molecule has 4 aromatic rings. The van der Waals surface area contributed by atoms with Crippen LogP contribution in [-0.4, -0.2) is 55.3 Å². The summed E-state index contributed by atoms with van der Waals surface area (Å²) in [4.78, 5) is 19.0. The van der Waals surface area contributed by atoms with Gasteiger partial charge in [-0.2, -0.15) is 0 Å². The van der Waals surface area contributed by atoms with Crippen molar-refractivity contribution >= 4 is 32.7 Å². The first kappa shape index (κ1) is 27.9. The molecule has 0 spiro atoms. The molecule has 7 nitrogen and oxygen atoms in total. The van der Waals surface area contributed by atoms with E-state index in [2.05, 4.69) is 22.3 Å². The van der Waals surface area contributed by atoms with E-state index >= 15 is 0 Å². The van der Waals surface area contributed by atoms with Crippen LogP contribution in [0.2, 0.25) is 0 Å². The monoisotopic (exact) mass is 563 g/mol. The Bertz CT molecular complexity index is 1440. The second-order valence-corrected chi connectivity index (χ2v) is 10.8. The number of thiazole rings is 1. The van der Waals surface area contributed by atoms with Crippen molar-refractivity contribution in [2.45, 2.75) is 39.3 Å². The zero-order valence-corrected chi connectivity index (χ0v) is 23.9. The van der Waals surface area contributed by atoms with E-state index in [0.29, 0.717) is 24.8 Å². The third-order valence-electron chi connectivity index (χ3n) is 6.99. The van der Waals surface area contributed by atoms with Crippen molar-refractivity contribution in [3.8, 4) is 22.6 Å². The number of hydrogen-bond donors (Lipinski definition) is 1. The summed E-state index contributed by atoms with van der Waals surface area (Å²) >= 11 is 1.60. The van der Waals surface area contributed by atoms with Gasteiger partial charge in [0.25, 0.3) is 0 Å². The molecule has 0 bridgehead atoms. The molecule has 5 rings (SSSR count). The molecular formula is C31H34FN3O4S. The first-order valence-corrected chi connectivity index (χ1v) is 14.4. The minimum absolute atomic E-state index is 0.273. The number of likely N-dealkylation sites (tertiary alicyclic amines) is 1. The predicted octanol–water partition coefficient (Wildman–Crippen LogP) is 6.76. The fourth-order valence-corrected chi connectivity index (χ4v) is 6.00. The average Bonchev–Trinajstić information content (AvgIpc) is 3.36. The van der Waals surface area contributed by atoms with E-state index in [1.54, 1.807) is 35.6 Å². The van der Waals surface area contributed by atoms with Crippen LogP contribution in [0.25, 0.3) is 21.3 Å². The van der Waals surface area contributed by atoms with Gasteiger partial charge in [-0.1, -0.05) is 23.5 Å². The molecule has 1 aliphatic heterocycles. The van der Waals surface area contributed by atoms with Crippen molar-refractivity contribution in [3.63, 3.8) is 0 Å². The summed E-state index contributed by atoms with van der Waals surface area (Å²) in [6.07, 6.45) is 1.99.